The summed E-state index contributed by atoms with van der Waals surface area (Å²) in [7, 11) is -0.295. The molecule has 2 N–H and O–H groups in total. The number of hydrazine groups is 1. The van der Waals surface area contributed by atoms with E-state index in [0.717, 1.165) is 4.88 Å². The first-order valence-electron chi connectivity index (χ1n) is 6.49. The van der Waals surface area contributed by atoms with E-state index in [1.165, 1.54) is 28.5 Å². The summed E-state index contributed by atoms with van der Waals surface area (Å²) in [4.78, 5) is 12.9. The van der Waals surface area contributed by atoms with Crippen molar-refractivity contribution in [1.29, 1.82) is 0 Å². The molecule has 1 amide bonds. The third-order valence-corrected chi connectivity index (χ3v) is 5.02. The number of amides is 1. The van der Waals surface area contributed by atoms with Crippen LogP contribution in [0.3, 0.4) is 0 Å². The number of sulfonamides is 1. The van der Waals surface area contributed by atoms with Crippen LogP contribution in [-0.4, -0.2) is 33.4 Å². The second-order valence-electron chi connectivity index (χ2n) is 4.77. The van der Waals surface area contributed by atoms with Gasteiger partial charge in [0.2, 0.25) is 10.0 Å². The van der Waals surface area contributed by atoms with Gasteiger partial charge in [-0.1, -0.05) is 12.1 Å². The van der Waals surface area contributed by atoms with Gasteiger partial charge in [-0.3, -0.25) is 10.2 Å². The second-order valence-corrected chi connectivity index (χ2v) is 7.57. The van der Waals surface area contributed by atoms with Crippen LogP contribution in [0.4, 0.5) is 0 Å². The molecule has 6 nitrogen and oxygen atoms in total. The third-order valence-electron chi connectivity index (χ3n) is 2.75. The fourth-order valence-corrected chi connectivity index (χ4v) is 3.52. The van der Waals surface area contributed by atoms with Crippen molar-refractivity contribution in [3.8, 4) is 0 Å². The lowest BCUT2D eigenvalue weighted by molar-refractivity contribution is 0.0856. The van der Waals surface area contributed by atoms with Crippen molar-refractivity contribution in [2.75, 3.05) is 14.1 Å². The van der Waals surface area contributed by atoms with E-state index in [9.17, 15) is 13.2 Å². The van der Waals surface area contributed by atoms with E-state index in [4.69, 9.17) is 0 Å². The Labute approximate surface area is 133 Å². The molecule has 0 saturated carbocycles. The molecule has 0 saturated heterocycles. The van der Waals surface area contributed by atoms with Gasteiger partial charge in [0, 0.05) is 31.1 Å². The average molecular weight is 339 g/mol. The summed E-state index contributed by atoms with van der Waals surface area (Å²) in [6.45, 7) is 0.230. The summed E-state index contributed by atoms with van der Waals surface area (Å²) in [5.41, 5.74) is 2.86. The van der Waals surface area contributed by atoms with Gasteiger partial charge in [-0.15, -0.1) is 11.3 Å². The third kappa shape index (κ3) is 4.38. The molecule has 8 heteroatoms. The van der Waals surface area contributed by atoms with Gasteiger partial charge in [0.15, 0.2) is 0 Å². The van der Waals surface area contributed by atoms with Crippen LogP contribution in [-0.2, 0) is 16.6 Å². The maximum atomic E-state index is 12.3. The molecule has 0 bridgehead atoms. The van der Waals surface area contributed by atoms with Crippen molar-refractivity contribution in [2.45, 2.75) is 11.4 Å². The lowest BCUT2D eigenvalue weighted by Crippen LogP contribution is -2.36. The van der Waals surface area contributed by atoms with Crippen LogP contribution in [0.15, 0.2) is 46.7 Å². The van der Waals surface area contributed by atoms with Crippen molar-refractivity contribution in [1.82, 2.24) is 15.2 Å². The molecule has 1 aromatic carbocycles. The molecular weight excluding hydrogens is 322 g/mol. The quantitative estimate of drug-likeness (QED) is 0.781. The number of carbonyl (C=O) groups is 1. The summed E-state index contributed by atoms with van der Waals surface area (Å²) in [6, 6.07) is 9.65. The highest BCUT2D eigenvalue weighted by Crippen LogP contribution is 2.14. The Balaban J connectivity index is 2.15. The van der Waals surface area contributed by atoms with E-state index in [1.54, 1.807) is 26.2 Å². The number of thiophene rings is 1. The van der Waals surface area contributed by atoms with Crippen molar-refractivity contribution < 1.29 is 13.2 Å². The average Bonchev–Trinajstić information content (AvgIpc) is 2.98. The zero-order valence-corrected chi connectivity index (χ0v) is 13.9. The predicted molar refractivity (Wildman–Crippen MR) is 85.9 cm³/mol. The number of nitrogens with zero attached hydrogens (tertiary/aromatic N) is 1. The Kier molecular flexibility index (Phi) is 5.30. The monoisotopic (exact) mass is 339 g/mol. The minimum atomic E-state index is -3.66. The number of benzene rings is 1. The minimum absolute atomic E-state index is 0.0652. The topological polar surface area (TPSA) is 78.5 Å². The minimum Gasteiger partial charge on any atom is -0.285 e. The van der Waals surface area contributed by atoms with E-state index >= 15 is 0 Å². The Morgan fingerprint density at radius 3 is 2.64 bits per heavy atom. The molecule has 1 heterocycles. The summed E-state index contributed by atoms with van der Waals surface area (Å²) < 4.78 is 27.1. The maximum Gasteiger partial charge on any atom is 0.265 e. The van der Waals surface area contributed by atoms with E-state index in [2.05, 4.69) is 10.1 Å². The van der Waals surface area contributed by atoms with E-state index in [-0.39, 0.29) is 22.9 Å². The molecule has 0 aliphatic rings. The first-order valence-corrected chi connectivity index (χ1v) is 8.85. The number of nitrogens with one attached hydrogen (secondary N) is 2. The number of hydrogen-bond acceptors (Lipinski definition) is 5. The molecule has 0 aliphatic heterocycles. The van der Waals surface area contributed by atoms with Gasteiger partial charge in [-0.05, 0) is 29.6 Å². The van der Waals surface area contributed by atoms with Crippen LogP contribution in [0.25, 0.3) is 0 Å². The Hall–Kier alpha value is -1.74. The Morgan fingerprint density at radius 1 is 1.23 bits per heavy atom. The highest BCUT2D eigenvalue weighted by Gasteiger charge is 2.16. The van der Waals surface area contributed by atoms with Gasteiger partial charge in [-0.2, -0.15) is 0 Å². The summed E-state index contributed by atoms with van der Waals surface area (Å²) in [5, 5.41) is 3.38. The molecule has 1 aromatic heterocycles. The van der Waals surface area contributed by atoms with E-state index < -0.39 is 10.0 Å². The molecule has 118 valence electrons. The van der Waals surface area contributed by atoms with E-state index in [0.29, 0.717) is 0 Å². The lowest BCUT2D eigenvalue weighted by Gasteiger charge is -2.12. The zero-order valence-electron chi connectivity index (χ0n) is 12.2. The first kappa shape index (κ1) is 16.6. The summed E-state index contributed by atoms with van der Waals surface area (Å²) in [6.07, 6.45) is 0. The Bertz CT molecular complexity index is 740. The molecule has 0 unspecified atom stereocenters. The van der Waals surface area contributed by atoms with Crippen molar-refractivity contribution in [2.24, 2.45) is 0 Å². The molecule has 22 heavy (non-hydrogen) atoms. The van der Waals surface area contributed by atoms with Crippen LogP contribution in [0.1, 0.15) is 15.2 Å². The number of hydrogen-bond donors (Lipinski definition) is 2. The van der Waals surface area contributed by atoms with Gasteiger partial charge < -0.3 is 0 Å². The maximum absolute atomic E-state index is 12.3. The van der Waals surface area contributed by atoms with Crippen LogP contribution >= 0.6 is 11.3 Å². The van der Waals surface area contributed by atoms with Gasteiger partial charge in [0.25, 0.3) is 5.91 Å². The summed E-state index contributed by atoms with van der Waals surface area (Å²) >= 11 is 1.48. The molecule has 0 fully saturated rings. The van der Waals surface area contributed by atoms with Crippen LogP contribution < -0.4 is 10.1 Å². The van der Waals surface area contributed by atoms with Gasteiger partial charge >= 0.3 is 0 Å². The highest BCUT2D eigenvalue weighted by molar-refractivity contribution is 7.89. The smallest absolute Gasteiger partial charge is 0.265 e. The van der Waals surface area contributed by atoms with Gasteiger partial charge in [-0.25, -0.2) is 18.1 Å². The SMILES string of the molecule is CN(C)NC(=O)c1cccc(S(=O)(=O)NCc2cccs2)c1. The molecular formula is C14H17N3O3S2. The fraction of sp³-hybridized carbons (Fsp3) is 0.214. The lowest BCUT2D eigenvalue weighted by atomic mass is 10.2. The predicted octanol–water partition coefficient (Wildman–Crippen LogP) is 1.43. The molecule has 0 spiro atoms. The summed E-state index contributed by atoms with van der Waals surface area (Å²) in [5.74, 6) is -0.361. The van der Waals surface area contributed by atoms with Crippen molar-refractivity contribution in [3.05, 3.63) is 52.2 Å². The molecule has 0 atom stereocenters. The van der Waals surface area contributed by atoms with E-state index in [1.807, 2.05) is 17.5 Å². The Morgan fingerprint density at radius 2 is 2.00 bits per heavy atom. The zero-order chi connectivity index (χ0) is 16.2. The van der Waals surface area contributed by atoms with Crippen LogP contribution in [0, 0.1) is 0 Å². The molecule has 0 radical (unpaired) electrons. The number of carbonyl (C=O) groups excluding carboxylic acids is 1. The number of rotatable bonds is 6. The highest BCUT2D eigenvalue weighted by atomic mass is 32.2. The van der Waals surface area contributed by atoms with Crippen molar-refractivity contribution in [3.63, 3.8) is 0 Å². The molecule has 0 aliphatic carbocycles. The second kappa shape index (κ2) is 7.01. The molecule has 2 aromatic rings. The standard InChI is InChI=1S/C14H17N3O3S2/c1-17(2)16-14(18)11-5-3-7-13(9-11)22(19,20)15-10-12-6-4-8-21-12/h3-9,15H,10H2,1-2H3,(H,16,18). The van der Waals surface area contributed by atoms with Crippen molar-refractivity contribution >= 4 is 27.3 Å². The van der Waals surface area contributed by atoms with Crippen LogP contribution in [0.5, 0.6) is 0 Å². The van der Waals surface area contributed by atoms with Gasteiger partial charge in [0.1, 0.15) is 0 Å². The fourth-order valence-electron chi connectivity index (χ4n) is 1.73. The molecule has 2 rings (SSSR count). The first-order chi connectivity index (χ1) is 10.4. The van der Waals surface area contributed by atoms with Gasteiger partial charge in [0.05, 0.1) is 4.90 Å². The largest absolute Gasteiger partial charge is 0.285 e. The van der Waals surface area contributed by atoms with Crippen LogP contribution in [0.2, 0.25) is 0 Å². The normalized spacial score (nSPS) is 11.6.